The van der Waals surface area contributed by atoms with Crippen molar-refractivity contribution < 1.29 is 0 Å². The fraction of sp³-hybridized carbons (Fsp3) is 0.900. The van der Waals surface area contributed by atoms with Crippen LogP contribution in [0.1, 0.15) is 72.6 Å². The summed E-state index contributed by atoms with van der Waals surface area (Å²) >= 11 is 0. The zero-order valence-electron chi connectivity index (χ0n) is 13.9. The summed E-state index contributed by atoms with van der Waals surface area (Å²) in [6.07, 6.45) is 13.0. The summed E-state index contributed by atoms with van der Waals surface area (Å²) < 4.78 is 0. The average Bonchev–Trinajstić information content (AvgIpc) is 2.77. The maximum atomic E-state index is 2.67. The lowest BCUT2D eigenvalue weighted by molar-refractivity contribution is -0.0990. The molecule has 3 fully saturated rings. The smallest absolute Gasteiger partial charge is 0.0167 e. The molecule has 0 heteroatoms. The van der Waals surface area contributed by atoms with E-state index < -0.39 is 0 Å². The van der Waals surface area contributed by atoms with Crippen LogP contribution in [0.5, 0.6) is 0 Å². The van der Waals surface area contributed by atoms with E-state index in [2.05, 4.69) is 33.8 Å². The molecule has 4 rings (SSSR count). The van der Waals surface area contributed by atoms with Crippen LogP contribution in [0.4, 0.5) is 0 Å². The number of hydrogen-bond donors (Lipinski definition) is 0. The Kier molecular flexibility index (Phi) is 2.78. The predicted molar refractivity (Wildman–Crippen MR) is 85.4 cm³/mol. The Hall–Kier alpha value is -0.260. The molecule has 4 aliphatic carbocycles. The molecule has 0 aliphatic heterocycles. The zero-order chi connectivity index (χ0) is 14.1. The normalized spacial score (nSPS) is 57.8. The van der Waals surface area contributed by atoms with Gasteiger partial charge in [-0.3, -0.25) is 0 Å². The molecule has 0 aromatic heterocycles. The second-order valence-corrected chi connectivity index (χ2v) is 9.28. The molecule has 0 N–H and O–H groups in total. The highest BCUT2D eigenvalue weighted by Crippen LogP contribution is 2.70. The summed E-state index contributed by atoms with van der Waals surface area (Å²) in [5.41, 5.74) is 3.06. The number of rotatable bonds is 0. The SMILES string of the molecule is CC1=CCC[C@@]2(C)CC[C@]3(C)[C@H]4[C@@H](CC[C@H]3C)C[C@H]1[C@H]42. The maximum Gasteiger partial charge on any atom is -0.0167 e. The molecule has 0 spiro atoms. The largest absolute Gasteiger partial charge is 0.0853 e. The Bertz CT molecular complexity index is 447. The van der Waals surface area contributed by atoms with Crippen molar-refractivity contribution in [3.63, 3.8) is 0 Å². The Morgan fingerprint density at radius 2 is 1.85 bits per heavy atom. The maximum absolute atomic E-state index is 2.67. The quantitative estimate of drug-likeness (QED) is 0.487. The molecule has 0 bridgehead atoms. The van der Waals surface area contributed by atoms with E-state index in [1.165, 1.54) is 44.9 Å². The standard InChI is InChI=1S/C20H32/c1-13-6-5-9-19(3)10-11-20(4)14(2)7-8-15-12-16(13)18(19)17(15)20/h6,14-18H,5,7-12H2,1-4H3/t14-,15+,16-,17+,18-,19+,20+/m1/s1. The average molecular weight is 272 g/mol. The first-order valence-corrected chi connectivity index (χ1v) is 9.12. The van der Waals surface area contributed by atoms with Crippen molar-refractivity contribution in [1.82, 2.24) is 0 Å². The minimum absolute atomic E-state index is 0.648. The topological polar surface area (TPSA) is 0 Å². The Balaban J connectivity index is 1.82. The zero-order valence-corrected chi connectivity index (χ0v) is 13.9. The fourth-order valence-electron chi connectivity index (χ4n) is 7.13. The fourth-order valence-corrected chi connectivity index (χ4v) is 7.13. The lowest BCUT2D eigenvalue weighted by Crippen LogP contribution is -2.52. The predicted octanol–water partition coefficient (Wildman–Crippen LogP) is 5.83. The first kappa shape index (κ1) is 13.4. The van der Waals surface area contributed by atoms with Gasteiger partial charge in [-0.15, -0.1) is 0 Å². The third kappa shape index (κ3) is 1.54. The third-order valence-corrected chi connectivity index (χ3v) is 8.55. The Morgan fingerprint density at radius 3 is 2.65 bits per heavy atom. The molecule has 0 aromatic carbocycles. The van der Waals surface area contributed by atoms with Crippen LogP contribution in [0.2, 0.25) is 0 Å². The molecule has 4 aliphatic rings. The van der Waals surface area contributed by atoms with Gasteiger partial charge in [-0.1, -0.05) is 32.4 Å². The summed E-state index contributed by atoms with van der Waals surface area (Å²) in [7, 11) is 0. The van der Waals surface area contributed by atoms with Gasteiger partial charge in [-0.25, -0.2) is 0 Å². The molecule has 20 heavy (non-hydrogen) atoms. The van der Waals surface area contributed by atoms with Crippen molar-refractivity contribution in [2.45, 2.75) is 72.6 Å². The summed E-state index contributed by atoms with van der Waals surface area (Å²) in [5.74, 6) is 4.98. The molecule has 112 valence electrons. The van der Waals surface area contributed by atoms with Crippen molar-refractivity contribution in [2.24, 2.45) is 40.4 Å². The highest BCUT2D eigenvalue weighted by Gasteiger charge is 2.62. The van der Waals surface area contributed by atoms with E-state index in [0.717, 1.165) is 29.6 Å². The molecule has 0 aromatic rings. The van der Waals surface area contributed by atoms with Crippen LogP contribution in [0.25, 0.3) is 0 Å². The van der Waals surface area contributed by atoms with Gasteiger partial charge < -0.3 is 0 Å². The van der Waals surface area contributed by atoms with Crippen LogP contribution in [-0.4, -0.2) is 0 Å². The minimum Gasteiger partial charge on any atom is -0.0853 e. The van der Waals surface area contributed by atoms with Gasteiger partial charge in [0, 0.05) is 0 Å². The van der Waals surface area contributed by atoms with Crippen molar-refractivity contribution in [3.05, 3.63) is 11.6 Å². The van der Waals surface area contributed by atoms with Crippen molar-refractivity contribution in [2.75, 3.05) is 0 Å². The van der Waals surface area contributed by atoms with Crippen LogP contribution in [0.15, 0.2) is 11.6 Å². The molecular weight excluding hydrogens is 240 g/mol. The molecule has 3 saturated carbocycles. The van der Waals surface area contributed by atoms with Gasteiger partial charge in [-0.2, -0.15) is 0 Å². The summed E-state index contributed by atoms with van der Waals surface area (Å²) in [4.78, 5) is 0. The minimum atomic E-state index is 0.648. The van der Waals surface area contributed by atoms with Gasteiger partial charge in [-0.05, 0) is 92.3 Å². The summed E-state index contributed by atoms with van der Waals surface area (Å²) in [6, 6.07) is 0. The summed E-state index contributed by atoms with van der Waals surface area (Å²) in [6.45, 7) is 10.3. The molecular formula is C20H32. The molecule has 0 amide bonds. The van der Waals surface area contributed by atoms with Gasteiger partial charge in [0.2, 0.25) is 0 Å². The van der Waals surface area contributed by atoms with E-state index in [-0.39, 0.29) is 0 Å². The Labute approximate surface area is 125 Å². The van der Waals surface area contributed by atoms with Crippen molar-refractivity contribution in [1.29, 1.82) is 0 Å². The van der Waals surface area contributed by atoms with E-state index >= 15 is 0 Å². The molecule has 0 radical (unpaired) electrons. The molecule has 0 nitrogen and oxygen atoms in total. The van der Waals surface area contributed by atoms with E-state index in [9.17, 15) is 0 Å². The first-order valence-electron chi connectivity index (χ1n) is 9.12. The molecule has 0 unspecified atom stereocenters. The lowest BCUT2D eigenvalue weighted by atomic mass is 9.46. The van der Waals surface area contributed by atoms with Gasteiger partial charge in [0.1, 0.15) is 0 Å². The van der Waals surface area contributed by atoms with Crippen LogP contribution in [0.3, 0.4) is 0 Å². The number of allylic oxidation sites excluding steroid dienone is 2. The van der Waals surface area contributed by atoms with E-state index in [0.29, 0.717) is 10.8 Å². The van der Waals surface area contributed by atoms with E-state index in [1.807, 2.05) is 0 Å². The van der Waals surface area contributed by atoms with Crippen LogP contribution in [-0.2, 0) is 0 Å². The van der Waals surface area contributed by atoms with Gasteiger partial charge in [0.25, 0.3) is 0 Å². The van der Waals surface area contributed by atoms with Crippen molar-refractivity contribution >= 4 is 0 Å². The number of hydrogen-bond acceptors (Lipinski definition) is 0. The van der Waals surface area contributed by atoms with Crippen LogP contribution in [0, 0.1) is 40.4 Å². The Morgan fingerprint density at radius 1 is 1.05 bits per heavy atom. The highest BCUT2D eigenvalue weighted by atomic mass is 14.7. The lowest BCUT2D eigenvalue weighted by Gasteiger charge is -2.59. The van der Waals surface area contributed by atoms with Gasteiger partial charge >= 0.3 is 0 Å². The van der Waals surface area contributed by atoms with Gasteiger partial charge in [0.15, 0.2) is 0 Å². The monoisotopic (exact) mass is 272 g/mol. The second kappa shape index (κ2) is 4.14. The second-order valence-electron chi connectivity index (χ2n) is 9.28. The molecule has 0 saturated heterocycles. The van der Waals surface area contributed by atoms with Gasteiger partial charge in [0.05, 0.1) is 0 Å². The van der Waals surface area contributed by atoms with Crippen LogP contribution < -0.4 is 0 Å². The van der Waals surface area contributed by atoms with E-state index in [4.69, 9.17) is 0 Å². The molecule has 0 heterocycles. The summed E-state index contributed by atoms with van der Waals surface area (Å²) in [5, 5.41) is 0. The third-order valence-electron chi connectivity index (χ3n) is 8.55. The highest BCUT2D eigenvalue weighted by molar-refractivity contribution is 5.20. The first-order chi connectivity index (χ1) is 9.46. The van der Waals surface area contributed by atoms with Crippen LogP contribution >= 0.6 is 0 Å². The van der Waals surface area contributed by atoms with E-state index in [1.54, 1.807) is 5.57 Å². The van der Waals surface area contributed by atoms with Crippen molar-refractivity contribution in [3.8, 4) is 0 Å². The molecule has 7 atom stereocenters.